The van der Waals surface area contributed by atoms with Gasteiger partial charge in [-0.2, -0.15) is 13.2 Å². The number of fused-ring (bicyclic) bond motifs is 1. The van der Waals surface area contributed by atoms with Gasteiger partial charge in [0.2, 0.25) is 0 Å². The summed E-state index contributed by atoms with van der Waals surface area (Å²) in [5.41, 5.74) is 2.23. The molecule has 0 bridgehead atoms. The van der Waals surface area contributed by atoms with Crippen molar-refractivity contribution in [3.8, 4) is 5.75 Å². The molecule has 0 saturated carbocycles. The topological polar surface area (TPSA) is 84.9 Å². The van der Waals surface area contributed by atoms with Gasteiger partial charge in [0.25, 0.3) is 5.91 Å². The number of ether oxygens (including phenoxy) is 2. The molecule has 0 spiro atoms. The van der Waals surface area contributed by atoms with E-state index in [1.165, 1.54) is 12.1 Å². The van der Waals surface area contributed by atoms with E-state index in [1.807, 2.05) is 25.3 Å². The van der Waals surface area contributed by atoms with Crippen molar-refractivity contribution < 1.29 is 32.3 Å². The number of benzene rings is 2. The van der Waals surface area contributed by atoms with Gasteiger partial charge in [-0.15, -0.1) is 0 Å². The monoisotopic (exact) mass is 517 g/mol. The summed E-state index contributed by atoms with van der Waals surface area (Å²) in [6, 6.07) is 10.3. The van der Waals surface area contributed by atoms with Crippen LogP contribution in [0.3, 0.4) is 0 Å². The van der Waals surface area contributed by atoms with Gasteiger partial charge in [0.15, 0.2) is 6.61 Å². The lowest BCUT2D eigenvalue weighted by molar-refractivity contribution is -0.137. The Morgan fingerprint density at radius 1 is 1.16 bits per heavy atom. The number of amides is 1. The van der Waals surface area contributed by atoms with Crippen molar-refractivity contribution in [2.24, 2.45) is 11.1 Å². The third-order valence-electron chi connectivity index (χ3n) is 6.28. The number of alkyl halides is 3. The first-order chi connectivity index (χ1) is 17.8. The maximum absolute atomic E-state index is 12.7. The minimum absolute atomic E-state index is 0.0430. The third-order valence-corrected chi connectivity index (χ3v) is 6.28. The van der Waals surface area contributed by atoms with Gasteiger partial charge >= 0.3 is 6.18 Å². The summed E-state index contributed by atoms with van der Waals surface area (Å²) < 4.78 is 49.3. The molecule has 0 atom stereocenters. The van der Waals surface area contributed by atoms with E-state index in [2.05, 4.69) is 15.5 Å². The fourth-order valence-corrected chi connectivity index (χ4v) is 4.12. The van der Waals surface area contributed by atoms with Crippen LogP contribution in [-0.4, -0.2) is 43.0 Å². The average molecular weight is 518 g/mol. The van der Waals surface area contributed by atoms with Crippen LogP contribution < -0.4 is 10.1 Å². The second kappa shape index (κ2) is 12.1. The molecule has 7 nitrogen and oxygen atoms in total. The Morgan fingerprint density at radius 2 is 1.92 bits per heavy atom. The Kier molecular flexibility index (Phi) is 8.70. The number of H-pyrrole nitrogens is 1. The van der Waals surface area contributed by atoms with E-state index in [1.54, 1.807) is 6.07 Å². The normalized spacial score (nSPS) is 15.1. The zero-order valence-corrected chi connectivity index (χ0v) is 20.6. The Bertz CT molecular complexity index is 1220. The summed E-state index contributed by atoms with van der Waals surface area (Å²) in [5.74, 6) is 0.814. The van der Waals surface area contributed by atoms with Crippen LogP contribution in [0.1, 0.15) is 42.9 Å². The fraction of sp³-hybridized carbons (Fsp3) is 0.407. The molecule has 2 heterocycles. The van der Waals surface area contributed by atoms with Crippen LogP contribution in [0.4, 0.5) is 13.2 Å². The molecular formula is C27H30F3N3O4. The largest absolute Gasteiger partial charge is 0.484 e. The second-order valence-corrected chi connectivity index (χ2v) is 8.92. The van der Waals surface area contributed by atoms with E-state index in [0.717, 1.165) is 54.7 Å². The molecule has 0 unspecified atom stereocenters. The molecule has 2 aromatic carbocycles. The molecule has 2 N–H and O–H groups in total. The van der Waals surface area contributed by atoms with E-state index in [0.29, 0.717) is 35.9 Å². The van der Waals surface area contributed by atoms with Crippen molar-refractivity contribution >= 4 is 22.5 Å². The lowest BCUT2D eigenvalue weighted by Crippen LogP contribution is -2.35. The van der Waals surface area contributed by atoms with Crippen molar-refractivity contribution in [1.29, 1.82) is 0 Å². The lowest BCUT2D eigenvalue weighted by atomic mass is 10.0. The predicted octanol–water partition coefficient (Wildman–Crippen LogP) is 5.44. The highest BCUT2D eigenvalue weighted by molar-refractivity contribution is 6.10. The van der Waals surface area contributed by atoms with Crippen LogP contribution >= 0.6 is 0 Å². The lowest BCUT2D eigenvalue weighted by Gasteiger charge is -2.22. The van der Waals surface area contributed by atoms with Crippen LogP contribution in [-0.2, 0) is 27.2 Å². The van der Waals surface area contributed by atoms with Gasteiger partial charge in [-0.3, -0.25) is 4.79 Å². The summed E-state index contributed by atoms with van der Waals surface area (Å²) in [4.78, 5) is 20.9. The van der Waals surface area contributed by atoms with E-state index >= 15 is 0 Å². The number of nitrogens with zero attached hydrogens (tertiary/aromatic N) is 1. The molecule has 3 aromatic rings. The molecule has 10 heteroatoms. The van der Waals surface area contributed by atoms with Crippen molar-refractivity contribution in [1.82, 2.24) is 10.3 Å². The van der Waals surface area contributed by atoms with Crippen molar-refractivity contribution in [2.75, 3.05) is 26.4 Å². The van der Waals surface area contributed by atoms with Crippen molar-refractivity contribution in [2.45, 2.75) is 39.0 Å². The van der Waals surface area contributed by atoms with Gasteiger partial charge in [-0.25, -0.2) is 0 Å². The predicted molar refractivity (Wildman–Crippen MR) is 133 cm³/mol. The molecule has 1 aromatic heterocycles. The number of nitrogens with one attached hydrogen (secondary N) is 2. The number of aromatic amines is 1. The first kappa shape index (κ1) is 26.5. The highest BCUT2D eigenvalue weighted by Crippen LogP contribution is 2.29. The third kappa shape index (κ3) is 7.25. The highest BCUT2D eigenvalue weighted by Gasteiger charge is 2.29. The Morgan fingerprint density at radius 3 is 2.62 bits per heavy atom. The average Bonchev–Trinajstić information content (AvgIpc) is 3.32. The number of rotatable bonds is 10. The molecule has 1 amide bonds. The number of aromatic nitrogens is 1. The molecule has 1 saturated heterocycles. The Hall–Kier alpha value is -3.53. The fourth-order valence-electron chi connectivity index (χ4n) is 4.12. The number of carbonyl (C=O) groups excluding carboxylic acids is 1. The molecular weight excluding hydrogens is 487 g/mol. The smallest absolute Gasteiger partial charge is 0.416 e. The number of halogens is 3. The molecule has 0 aliphatic carbocycles. The quantitative estimate of drug-likeness (QED) is 0.277. The van der Waals surface area contributed by atoms with E-state index < -0.39 is 11.7 Å². The maximum Gasteiger partial charge on any atom is 0.416 e. The Balaban J connectivity index is 1.36. The SMILES string of the molecule is CCC(=NOCc1ccc(C(F)(F)F)cc1)c1c[nH]c2ccc(OCC(=O)NCC3CCOCC3)cc12. The van der Waals surface area contributed by atoms with Crippen LogP contribution in [0.15, 0.2) is 53.8 Å². The zero-order chi connectivity index (χ0) is 26.3. The van der Waals surface area contributed by atoms with Crippen molar-refractivity contribution in [3.05, 3.63) is 65.4 Å². The van der Waals surface area contributed by atoms with E-state index in [4.69, 9.17) is 14.3 Å². The highest BCUT2D eigenvalue weighted by atomic mass is 19.4. The number of oxime groups is 1. The van der Waals surface area contributed by atoms with Gasteiger partial charge in [-0.05, 0) is 61.1 Å². The number of hydrogen-bond acceptors (Lipinski definition) is 5. The van der Waals surface area contributed by atoms with Gasteiger partial charge in [0.1, 0.15) is 12.4 Å². The van der Waals surface area contributed by atoms with Gasteiger partial charge in [-0.1, -0.05) is 24.2 Å². The summed E-state index contributed by atoms with van der Waals surface area (Å²) >= 11 is 0. The summed E-state index contributed by atoms with van der Waals surface area (Å²) in [6.07, 6.45) is -0.0925. The maximum atomic E-state index is 12.7. The number of carbonyl (C=O) groups is 1. The second-order valence-electron chi connectivity index (χ2n) is 8.92. The van der Waals surface area contributed by atoms with Gasteiger partial charge in [0, 0.05) is 42.4 Å². The van der Waals surface area contributed by atoms with Crippen LogP contribution in [0.5, 0.6) is 5.75 Å². The number of hydrogen-bond donors (Lipinski definition) is 2. The molecule has 0 radical (unpaired) electrons. The molecule has 1 aliphatic heterocycles. The van der Waals surface area contributed by atoms with E-state index in [9.17, 15) is 18.0 Å². The Labute approximate surface area is 213 Å². The minimum atomic E-state index is -4.38. The van der Waals surface area contributed by atoms with Gasteiger partial charge in [0.05, 0.1) is 11.3 Å². The molecule has 4 rings (SSSR count). The minimum Gasteiger partial charge on any atom is -0.484 e. The molecule has 1 fully saturated rings. The molecule has 37 heavy (non-hydrogen) atoms. The first-order valence-electron chi connectivity index (χ1n) is 12.3. The standard InChI is InChI=1S/C27H30F3N3O4/c1-2-24(33-37-16-19-3-5-20(6-4-19)27(28,29)30)23-15-31-25-8-7-21(13-22(23)25)36-17-26(34)32-14-18-9-11-35-12-10-18/h3-8,13,15,18,31H,2,9-12,14,16-17H2,1H3,(H,32,34). The van der Waals surface area contributed by atoms with Crippen LogP contribution in [0.25, 0.3) is 10.9 Å². The van der Waals surface area contributed by atoms with Crippen molar-refractivity contribution in [3.63, 3.8) is 0 Å². The van der Waals surface area contributed by atoms with E-state index in [-0.39, 0.29) is 19.1 Å². The summed E-state index contributed by atoms with van der Waals surface area (Å²) in [5, 5.41) is 8.02. The summed E-state index contributed by atoms with van der Waals surface area (Å²) in [6.45, 7) is 3.98. The van der Waals surface area contributed by atoms with Gasteiger partial charge < -0.3 is 24.6 Å². The van der Waals surface area contributed by atoms with Crippen LogP contribution in [0.2, 0.25) is 0 Å². The molecule has 1 aliphatic rings. The molecule has 198 valence electrons. The zero-order valence-electron chi connectivity index (χ0n) is 20.6. The summed E-state index contributed by atoms with van der Waals surface area (Å²) in [7, 11) is 0. The van der Waals surface area contributed by atoms with Crippen LogP contribution in [0, 0.1) is 5.92 Å². The first-order valence-corrected chi connectivity index (χ1v) is 12.3.